The smallest absolute Gasteiger partial charge is 0.313 e. The molecule has 2 rings (SSSR count). The topological polar surface area (TPSA) is 92.0 Å². The Labute approximate surface area is 89.7 Å². The maximum atomic E-state index is 10.4. The number of nitrogens with zero attached hydrogens (tertiary/aromatic N) is 1. The summed E-state index contributed by atoms with van der Waals surface area (Å²) in [5.74, 6) is -0.866. The molecule has 5 nitrogen and oxygen atoms in total. The minimum atomic E-state index is -0.861. The van der Waals surface area contributed by atoms with Gasteiger partial charge < -0.3 is 15.8 Å². The van der Waals surface area contributed by atoms with Gasteiger partial charge in [-0.25, -0.2) is 4.98 Å². The van der Waals surface area contributed by atoms with Crippen LogP contribution >= 0.6 is 11.8 Å². The summed E-state index contributed by atoms with van der Waals surface area (Å²) < 4.78 is 0. The number of rotatable bonds is 3. The molecule has 0 atom stereocenters. The molecule has 15 heavy (non-hydrogen) atoms. The van der Waals surface area contributed by atoms with E-state index in [-0.39, 0.29) is 5.75 Å². The Morgan fingerprint density at radius 3 is 3.13 bits per heavy atom. The number of aromatic nitrogens is 2. The maximum absolute atomic E-state index is 10.4. The van der Waals surface area contributed by atoms with Crippen LogP contribution in [0.1, 0.15) is 0 Å². The average Bonchev–Trinajstić information content (AvgIpc) is 2.56. The number of nitrogen functional groups attached to an aromatic ring is 1. The third-order valence-corrected chi connectivity index (χ3v) is 2.67. The van der Waals surface area contributed by atoms with E-state index in [1.165, 1.54) is 0 Å². The molecular weight excluding hydrogens is 214 g/mol. The van der Waals surface area contributed by atoms with Gasteiger partial charge in [-0.1, -0.05) is 11.8 Å². The summed E-state index contributed by atoms with van der Waals surface area (Å²) in [5.41, 5.74) is 7.87. The van der Waals surface area contributed by atoms with Gasteiger partial charge in [-0.2, -0.15) is 0 Å². The van der Waals surface area contributed by atoms with Crippen molar-refractivity contribution in [2.75, 3.05) is 11.5 Å². The number of hydrogen-bond donors (Lipinski definition) is 3. The van der Waals surface area contributed by atoms with Crippen molar-refractivity contribution in [1.82, 2.24) is 9.97 Å². The van der Waals surface area contributed by atoms with Crippen LogP contribution in [0.3, 0.4) is 0 Å². The molecule has 0 amide bonds. The number of aliphatic carboxylic acids is 1. The van der Waals surface area contributed by atoms with Crippen LogP contribution in [0.15, 0.2) is 23.4 Å². The first-order valence-electron chi connectivity index (χ1n) is 4.25. The lowest BCUT2D eigenvalue weighted by atomic mass is 10.3. The molecule has 0 unspecified atom stereocenters. The van der Waals surface area contributed by atoms with Gasteiger partial charge in [0.2, 0.25) is 0 Å². The standard InChI is InChI=1S/C9H9N3O2S/c10-5-1-2-6-7(3-5)12-9(11-6)15-4-8(13)14/h1-3H,4,10H2,(H,11,12)(H,13,14). The average molecular weight is 223 g/mol. The molecular formula is C9H9N3O2S. The van der Waals surface area contributed by atoms with Crippen molar-refractivity contribution < 1.29 is 9.90 Å². The summed E-state index contributed by atoms with van der Waals surface area (Å²) in [7, 11) is 0. The van der Waals surface area contributed by atoms with E-state index in [0.717, 1.165) is 22.8 Å². The minimum Gasteiger partial charge on any atom is -0.481 e. The van der Waals surface area contributed by atoms with Crippen molar-refractivity contribution in [3.8, 4) is 0 Å². The minimum absolute atomic E-state index is 0.00466. The molecule has 0 aliphatic carbocycles. The van der Waals surface area contributed by atoms with E-state index in [0.29, 0.717) is 10.8 Å². The predicted octanol–water partition coefficient (Wildman–Crippen LogP) is 1.32. The fraction of sp³-hybridized carbons (Fsp3) is 0.111. The lowest BCUT2D eigenvalue weighted by molar-refractivity contribution is -0.133. The van der Waals surface area contributed by atoms with Crippen molar-refractivity contribution in [3.63, 3.8) is 0 Å². The van der Waals surface area contributed by atoms with Crippen molar-refractivity contribution in [2.24, 2.45) is 0 Å². The normalized spacial score (nSPS) is 10.7. The SMILES string of the molecule is Nc1ccc2nc(SCC(=O)O)[nH]c2c1. The lowest BCUT2D eigenvalue weighted by Crippen LogP contribution is -1.97. The van der Waals surface area contributed by atoms with Crippen LogP contribution in [0.25, 0.3) is 11.0 Å². The first-order chi connectivity index (χ1) is 7.15. The zero-order chi connectivity index (χ0) is 10.8. The summed E-state index contributed by atoms with van der Waals surface area (Å²) >= 11 is 1.15. The first-order valence-corrected chi connectivity index (χ1v) is 5.23. The Balaban J connectivity index is 2.27. The number of anilines is 1. The van der Waals surface area contributed by atoms with Gasteiger partial charge >= 0.3 is 5.97 Å². The molecule has 4 N–H and O–H groups in total. The Morgan fingerprint density at radius 1 is 1.60 bits per heavy atom. The number of benzene rings is 1. The largest absolute Gasteiger partial charge is 0.481 e. The third kappa shape index (κ3) is 2.21. The predicted molar refractivity (Wildman–Crippen MR) is 58.9 cm³/mol. The molecule has 0 fully saturated rings. The number of nitrogens with two attached hydrogens (primary N) is 1. The van der Waals surface area contributed by atoms with Gasteiger partial charge in [-0.15, -0.1) is 0 Å². The van der Waals surface area contributed by atoms with Crippen LogP contribution in [0.4, 0.5) is 5.69 Å². The molecule has 0 radical (unpaired) electrons. The third-order valence-electron chi connectivity index (χ3n) is 1.82. The van der Waals surface area contributed by atoms with Crippen molar-refractivity contribution in [2.45, 2.75) is 5.16 Å². The van der Waals surface area contributed by atoms with E-state index in [1.54, 1.807) is 18.2 Å². The molecule has 0 spiro atoms. The molecule has 0 saturated carbocycles. The number of thioether (sulfide) groups is 1. The number of imidazole rings is 1. The van der Waals surface area contributed by atoms with Gasteiger partial charge in [0, 0.05) is 5.69 Å². The second-order valence-electron chi connectivity index (χ2n) is 3.00. The molecule has 0 aliphatic rings. The van der Waals surface area contributed by atoms with Gasteiger partial charge in [-0.05, 0) is 18.2 Å². The first kappa shape index (κ1) is 9.85. The Kier molecular flexibility index (Phi) is 2.51. The van der Waals surface area contributed by atoms with Crippen LogP contribution in [-0.4, -0.2) is 26.8 Å². The molecule has 1 heterocycles. The van der Waals surface area contributed by atoms with Crippen molar-refractivity contribution in [1.29, 1.82) is 0 Å². The number of carboxylic acid groups (broad SMARTS) is 1. The number of nitrogens with one attached hydrogen (secondary N) is 1. The molecule has 0 saturated heterocycles. The summed E-state index contributed by atoms with van der Waals surface area (Å²) in [5, 5.41) is 9.11. The highest BCUT2D eigenvalue weighted by Gasteiger charge is 2.05. The quantitative estimate of drug-likeness (QED) is 0.539. The Bertz CT molecular complexity index is 509. The molecule has 0 bridgehead atoms. The van der Waals surface area contributed by atoms with Crippen LogP contribution in [-0.2, 0) is 4.79 Å². The zero-order valence-corrected chi connectivity index (χ0v) is 8.54. The highest BCUT2D eigenvalue weighted by Crippen LogP contribution is 2.20. The highest BCUT2D eigenvalue weighted by molar-refractivity contribution is 7.99. The fourth-order valence-corrected chi connectivity index (χ4v) is 1.81. The van der Waals surface area contributed by atoms with E-state index in [9.17, 15) is 4.79 Å². The Hall–Kier alpha value is -1.69. The van der Waals surface area contributed by atoms with E-state index in [4.69, 9.17) is 10.8 Å². The van der Waals surface area contributed by atoms with Crippen molar-refractivity contribution >= 4 is 34.5 Å². The van der Waals surface area contributed by atoms with Crippen LogP contribution in [0, 0.1) is 0 Å². The highest BCUT2D eigenvalue weighted by atomic mass is 32.2. The van der Waals surface area contributed by atoms with Crippen LogP contribution < -0.4 is 5.73 Å². The molecule has 1 aromatic carbocycles. The van der Waals surface area contributed by atoms with E-state index >= 15 is 0 Å². The van der Waals surface area contributed by atoms with Gasteiger partial charge in [0.15, 0.2) is 5.16 Å². The number of H-pyrrole nitrogens is 1. The molecule has 1 aromatic heterocycles. The van der Waals surface area contributed by atoms with E-state index in [1.807, 2.05) is 0 Å². The zero-order valence-electron chi connectivity index (χ0n) is 7.73. The number of aromatic amines is 1. The number of fused-ring (bicyclic) bond motifs is 1. The Morgan fingerprint density at radius 2 is 2.40 bits per heavy atom. The summed E-state index contributed by atoms with van der Waals surface area (Å²) in [6, 6.07) is 5.33. The molecule has 2 aromatic rings. The van der Waals surface area contributed by atoms with Gasteiger partial charge in [-0.3, -0.25) is 4.79 Å². The van der Waals surface area contributed by atoms with Crippen molar-refractivity contribution in [3.05, 3.63) is 18.2 Å². The van der Waals surface area contributed by atoms with Crippen LogP contribution in [0.5, 0.6) is 0 Å². The molecule has 78 valence electrons. The second kappa shape index (κ2) is 3.82. The second-order valence-corrected chi connectivity index (χ2v) is 3.97. The monoisotopic (exact) mass is 223 g/mol. The van der Waals surface area contributed by atoms with Gasteiger partial charge in [0.1, 0.15) is 0 Å². The molecule has 6 heteroatoms. The number of carbonyl (C=O) groups is 1. The maximum Gasteiger partial charge on any atom is 0.313 e. The summed E-state index contributed by atoms with van der Waals surface area (Å²) in [6.07, 6.45) is 0. The fourth-order valence-electron chi connectivity index (χ4n) is 1.20. The van der Waals surface area contributed by atoms with Gasteiger partial charge in [0.05, 0.1) is 16.8 Å². The van der Waals surface area contributed by atoms with Crippen LogP contribution in [0.2, 0.25) is 0 Å². The lowest BCUT2D eigenvalue weighted by Gasteiger charge is -1.90. The van der Waals surface area contributed by atoms with E-state index in [2.05, 4.69) is 9.97 Å². The summed E-state index contributed by atoms with van der Waals surface area (Å²) in [6.45, 7) is 0. The van der Waals surface area contributed by atoms with E-state index < -0.39 is 5.97 Å². The number of hydrogen-bond acceptors (Lipinski definition) is 4. The molecule has 0 aliphatic heterocycles. The van der Waals surface area contributed by atoms with Gasteiger partial charge in [0.25, 0.3) is 0 Å². The summed E-state index contributed by atoms with van der Waals surface area (Å²) in [4.78, 5) is 17.6. The number of carboxylic acids is 1.